The Kier molecular flexibility index (Phi) is 8.13. The number of nitrogens with zero attached hydrogens (tertiary/aromatic N) is 2. The van der Waals surface area contributed by atoms with Crippen molar-refractivity contribution in [3.05, 3.63) is 130 Å². The van der Waals surface area contributed by atoms with Gasteiger partial charge in [0.25, 0.3) is 5.56 Å². The first-order valence-electron chi connectivity index (χ1n) is 12.6. The zero-order chi connectivity index (χ0) is 27.5. The van der Waals surface area contributed by atoms with E-state index in [0.717, 1.165) is 26.0 Å². The lowest BCUT2D eigenvalue weighted by molar-refractivity contribution is -0.136. The number of carbonyl (C=O) groups is 1. The van der Waals surface area contributed by atoms with Gasteiger partial charge in [0, 0.05) is 0 Å². The van der Waals surface area contributed by atoms with Crippen LogP contribution in [0.3, 0.4) is 0 Å². The van der Waals surface area contributed by atoms with Crippen LogP contribution in [0.2, 0.25) is 0 Å². The Balaban J connectivity index is 1.53. The van der Waals surface area contributed by atoms with Gasteiger partial charge < -0.3 is 9.47 Å². The smallest absolute Gasteiger partial charge is 0.338 e. The number of hydrogen-bond donors (Lipinski definition) is 0. The first-order valence-corrected chi connectivity index (χ1v) is 14.4. The molecule has 0 unspecified atom stereocenters. The highest BCUT2D eigenvalue weighted by atomic mass is 127. The maximum absolute atomic E-state index is 13.8. The first-order chi connectivity index (χ1) is 18.9. The van der Waals surface area contributed by atoms with Crippen LogP contribution >= 0.6 is 33.9 Å². The van der Waals surface area contributed by atoms with Gasteiger partial charge in [-0.05, 0) is 70.8 Å². The molecule has 0 bridgehead atoms. The van der Waals surface area contributed by atoms with Crippen LogP contribution in [0.15, 0.2) is 93.9 Å². The molecule has 0 fully saturated rings. The number of aromatic nitrogens is 1. The summed E-state index contributed by atoms with van der Waals surface area (Å²) in [6.07, 6.45) is 2.41. The Morgan fingerprint density at radius 1 is 1.10 bits per heavy atom. The van der Waals surface area contributed by atoms with Gasteiger partial charge in [0.15, 0.2) is 4.80 Å². The van der Waals surface area contributed by atoms with E-state index in [2.05, 4.69) is 41.6 Å². The van der Waals surface area contributed by atoms with Crippen molar-refractivity contribution < 1.29 is 14.3 Å². The molecule has 0 aliphatic carbocycles. The van der Waals surface area contributed by atoms with Crippen molar-refractivity contribution >= 4 is 46.0 Å². The third-order valence-corrected chi connectivity index (χ3v) is 8.32. The summed E-state index contributed by atoms with van der Waals surface area (Å²) in [5, 5.41) is 0. The fraction of sp³-hybridized carbons (Fsp3) is 0.194. The van der Waals surface area contributed by atoms with Gasteiger partial charge in [-0.1, -0.05) is 84.5 Å². The maximum atomic E-state index is 13.8. The molecular formula is C31H27IN2O4S. The minimum absolute atomic E-state index is 0.195. The van der Waals surface area contributed by atoms with Crippen LogP contribution in [-0.2, 0) is 16.1 Å². The van der Waals surface area contributed by atoms with Gasteiger partial charge >= 0.3 is 5.97 Å². The number of carbonyl (C=O) groups excluding carboxylic acids is 1. The number of fused-ring (bicyclic) bond motifs is 1. The van der Waals surface area contributed by atoms with Gasteiger partial charge in [0.05, 0.1) is 32.5 Å². The fourth-order valence-electron chi connectivity index (χ4n) is 4.65. The van der Waals surface area contributed by atoms with Gasteiger partial charge in [-0.25, -0.2) is 9.79 Å². The molecule has 3 aromatic carbocycles. The molecule has 0 saturated heterocycles. The molecule has 4 aromatic rings. The number of hydrogen-bond acceptors (Lipinski definition) is 6. The number of allylic oxidation sites excluding steroid dienone is 1. The molecule has 8 heteroatoms. The van der Waals surface area contributed by atoms with Crippen molar-refractivity contribution in [2.75, 3.05) is 7.11 Å². The molecule has 0 amide bonds. The number of benzene rings is 3. The number of methoxy groups -OCH3 is 1. The largest absolute Gasteiger partial charge is 0.488 e. The molecule has 39 heavy (non-hydrogen) atoms. The number of esters is 1. The summed E-state index contributed by atoms with van der Waals surface area (Å²) >= 11 is 3.58. The highest BCUT2D eigenvalue weighted by Gasteiger charge is 2.33. The molecule has 6 nitrogen and oxygen atoms in total. The molecule has 198 valence electrons. The van der Waals surface area contributed by atoms with Crippen molar-refractivity contribution in [3.63, 3.8) is 0 Å². The standard InChI is InChI=1S/C31H27IN2O4S/c1-4-24-27(30(36)37-3)28(22-11-6-5-7-12-22)34-29(35)26(39-31(34)33-24)17-20-13-14-25(23(32)16-20)38-18-21-10-8-9-19(2)15-21/h5-17,28H,4,18H2,1-3H3/b26-17-/t28-/m0/s1. The Labute approximate surface area is 244 Å². The molecule has 0 spiro atoms. The van der Waals surface area contributed by atoms with E-state index in [1.54, 1.807) is 4.57 Å². The SMILES string of the molecule is CCC1=C(C(=O)OC)[C@H](c2ccccc2)n2c(s/c(=C\c3ccc(OCc4cccc(C)c4)c(I)c3)c2=O)=N1. The summed E-state index contributed by atoms with van der Waals surface area (Å²) in [4.78, 5) is 32.0. The van der Waals surface area contributed by atoms with Crippen LogP contribution < -0.4 is 19.6 Å². The molecular weight excluding hydrogens is 623 g/mol. The quantitative estimate of drug-likeness (QED) is 0.202. The van der Waals surface area contributed by atoms with E-state index in [1.165, 1.54) is 24.0 Å². The average Bonchev–Trinajstić information content (AvgIpc) is 3.25. The molecule has 0 saturated carbocycles. The third-order valence-electron chi connectivity index (χ3n) is 6.50. The Bertz CT molecular complexity index is 1760. The van der Waals surface area contributed by atoms with Crippen molar-refractivity contribution in [3.8, 4) is 5.75 Å². The minimum atomic E-state index is -0.607. The highest BCUT2D eigenvalue weighted by Crippen LogP contribution is 2.31. The average molecular weight is 651 g/mol. The van der Waals surface area contributed by atoms with E-state index in [-0.39, 0.29) is 5.56 Å². The van der Waals surface area contributed by atoms with Crippen LogP contribution in [-0.4, -0.2) is 17.6 Å². The van der Waals surface area contributed by atoms with Gasteiger partial charge in [0.2, 0.25) is 0 Å². The van der Waals surface area contributed by atoms with E-state index in [0.29, 0.717) is 33.6 Å². The van der Waals surface area contributed by atoms with Gasteiger partial charge in [0.1, 0.15) is 12.4 Å². The summed E-state index contributed by atoms with van der Waals surface area (Å²) in [6, 6.07) is 23.0. The summed E-state index contributed by atoms with van der Waals surface area (Å²) in [6.45, 7) is 4.49. The minimum Gasteiger partial charge on any atom is -0.488 e. The predicted octanol–water partition coefficient (Wildman–Crippen LogP) is 5.29. The van der Waals surface area contributed by atoms with E-state index < -0.39 is 12.0 Å². The second kappa shape index (κ2) is 11.7. The molecule has 0 N–H and O–H groups in total. The van der Waals surface area contributed by atoms with Crippen LogP contribution in [0.4, 0.5) is 0 Å². The topological polar surface area (TPSA) is 69.9 Å². The number of rotatable bonds is 7. The zero-order valence-electron chi connectivity index (χ0n) is 21.8. The molecule has 0 radical (unpaired) electrons. The lowest BCUT2D eigenvalue weighted by atomic mass is 9.95. The molecule has 1 aliphatic rings. The molecule has 5 rings (SSSR count). The Morgan fingerprint density at radius 2 is 1.90 bits per heavy atom. The molecule has 1 aromatic heterocycles. The Morgan fingerprint density at radius 3 is 2.59 bits per heavy atom. The first kappa shape index (κ1) is 27.1. The predicted molar refractivity (Wildman–Crippen MR) is 162 cm³/mol. The third kappa shape index (κ3) is 5.62. The van der Waals surface area contributed by atoms with Crippen molar-refractivity contribution in [1.29, 1.82) is 0 Å². The summed E-state index contributed by atoms with van der Waals surface area (Å²) in [5.74, 6) is 0.310. The molecule has 2 heterocycles. The fourth-order valence-corrected chi connectivity index (χ4v) is 6.37. The van der Waals surface area contributed by atoms with Crippen molar-refractivity contribution in [2.45, 2.75) is 32.9 Å². The van der Waals surface area contributed by atoms with E-state index in [4.69, 9.17) is 14.5 Å². The van der Waals surface area contributed by atoms with Crippen LogP contribution in [0.25, 0.3) is 6.08 Å². The second-order valence-electron chi connectivity index (χ2n) is 9.17. The van der Waals surface area contributed by atoms with Crippen LogP contribution in [0.1, 0.15) is 41.6 Å². The highest BCUT2D eigenvalue weighted by molar-refractivity contribution is 14.1. The summed E-state index contributed by atoms with van der Waals surface area (Å²) in [7, 11) is 1.35. The molecule has 1 atom stereocenters. The van der Waals surface area contributed by atoms with E-state index >= 15 is 0 Å². The number of aryl methyl sites for hydroxylation is 1. The monoisotopic (exact) mass is 650 g/mol. The van der Waals surface area contributed by atoms with Crippen molar-refractivity contribution in [2.24, 2.45) is 4.99 Å². The van der Waals surface area contributed by atoms with Gasteiger partial charge in [-0.2, -0.15) is 0 Å². The maximum Gasteiger partial charge on any atom is 0.338 e. The molecule has 1 aliphatic heterocycles. The number of ether oxygens (including phenoxy) is 2. The summed E-state index contributed by atoms with van der Waals surface area (Å²) in [5.41, 5.74) is 4.85. The number of thiazole rings is 1. The van der Waals surface area contributed by atoms with Crippen LogP contribution in [0.5, 0.6) is 5.75 Å². The lowest BCUT2D eigenvalue weighted by Gasteiger charge is -2.25. The van der Waals surface area contributed by atoms with Crippen molar-refractivity contribution in [1.82, 2.24) is 4.57 Å². The summed E-state index contributed by atoms with van der Waals surface area (Å²) < 4.78 is 14.3. The normalized spacial score (nSPS) is 15.1. The van der Waals surface area contributed by atoms with E-state index in [1.807, 2.05) is 73.7 Å². The van der Waals surface area contributed by atoms with Crippen LogP contribution in [0, 0.1) is 10.5 Å². The van der Waals surface area contributed by atoms with Gasteiger partial charge in [-0.15, -0.1) is 0 Å². The van der Waals surface area contributed by atoms with Gasteiger partial charge in [-0.3, -0.25) is 9.36 Å². The Hall–Kier alpha value is -3.50. The number of halogens is 1. The zero-order valence-corrected chi connectivity index (χ0v) is 24.8. The lowest BCUT2D eigenvalue weighted by Crippen LogP contribution is -2.40. The van der Waals surface area contributed by atoms with E-state index in [9.17, 15) is 9.59 Å². The second-order valence-corrected chi connectivity index (χ2v) is 11.3.